The van der Waals surface area contributed by atoms with Gasteiger partial charge in [0.05, 0.1) is 11.5 Å². The van der Waals surface area contributed by atoms with Crippen LogP contribution in [0.15, 0.2) is 48.5 Å². The maximum atomic E-state index is 12.7. The molecule has 0 radical (unpaired) electrons. The molecular weight excluding hydrogens is 290 g/mol. The summed E-state index contributed by atoms with van der Waals surface area (Å²) in [6, 6.07) is 14.8. The van der Waals surface area contributed by atoms with E-state index < -0.39 is 5.97 Å². The largest absolute Gasteiger partial charge is 0.478 e. The molecule has 4 nitrogen and oxygen atoms in total. The van der Waals surface area contributed by atoms with Gasteiger partial charge in [0.2, 0.25) is 5.91 Å². The van der Waals surface area contributed by atoms with Crippen molar-refractivity contribution in [3.05, 3.63) is 70.8 Å². The Kier molecular flexibility index (Phi) is 4.15. The lowest BCUT2D eigenvalue weighted by Gasteiger charge is -2.22. The summed E-state index contributed by atoms with van der Waals surface area (Å²) in [4.78, 5) is 25.3. The number of carbonyl (C=O) groups is 2. The highest BCUT2D eigenvalue weighted by atomic mass is 16.4. The van der Waals surface area contributed by atoms with Crippen molar-refractivity contribution in [1.82, 2.24) is 4.90 Å². The van der Waals surface area contributed by atoms with Crippen molar-refractivity contribution in [2.45, 2.75) is 25.3 Å². The van der Waals surface area contributed by atoms with E-state index in [1.165, 1.54) is 5.56 Å². The van der Waals surface area contributed by atoms with E-state index in [-0.39, 0.29) is 17.4 Å². The molecule has 2 aromatic rings. The summed E-state index contributed by atoms with van der Waals surface area (Å²) in [6.45, 7) is 0.484. The Morgan fingerprint density at radius 1 is 1.13 bits per heavy atom. The van der Waals surface area contributed by atoms with E-state index in [0.29, 0.717) is 6.54 Å². The molecule has 0 saturated heterocycles. The first-order valence-corrected chi connectivity index (χ1v) is 7.71. The minimum absolute atomic E-state index is 0.0607. The molecule has 1 atom stereocenters. The van der Waals surface area contributed by atoms with Crippen LogP contribution in [0.5, 0.6) is 0 Å². The van der Waals surface area contributed by atoms with Gasteiger partial charge in [0.15, 0.2) is 0 Å². The van der Waals surface area contributed by atoms with Gasteiger partial charge in [-0.25, -0.2) is 4.79 Å². The fourth-order valence-electron chi connectivity index (χ4n) is 3.18. The van der Waals surface area contributed by atoms with Crippen molar-refractivity contribution in [3.8, 4) is 0 Å². The number of nitrogens with zero attached hydrogens (tertiary/aromatic N) is 1. The molecule has 118 valence electrons. The van der Waals surface area contributed by atoms with Crippen LogP contribution in [0.4, 0.5) is 0 Å². The summed E-state index contributed by atoms with van der Waals surface area (Å²) >= 11 is 0. The van der Waals surface area contributed by atoms with Gasteiger partial charge in [0, 0.05) is 13.6 Å². The normalized spacial score (nSPS) is 16.0. The third-order valence-corrected chi connectivity index (χ3v) is 4.43. The van der Waals surface area contributed by atoms with E-state index >= 15 is 0 Å². The molecule has 2 aromatic carbocycles. The lowest BCUT2D eigenvalue weighted by atomic mass is 9.99. The average molecular weight is 309 g/mol. The van der Waals surface area contributed by atoms with Crippen LogP contribution in [0.1, 0.15) is 39.4 Å². The van der Waals surface area contributed by atoms with Crippen LogP contribution < -0.4 is 0 Å². The van der Waals surface area contributed by atoms with Crippen LogP contribution in [-0.4, -0.2) is 28.9 Å². The minimum Gasteiger partial charge on any atom is -0.478 e. The van der Waals surface area contributed by atoms with Gasteiger partial charge in [-0.15, -0.1) is 0 Å². The number of carboxylic acids is 1. The van der Waals surface area contributed by atoms with Gasteiger partial charge in [-0.1, -0.05) is 36.4 Å². The molecule has 0 fully saturated rings. The highest BCUT2D eigenvalue weighted by Crippen LogP contribution is 2.34. The molecule has 0 spiro atoms. The molecule has 1 amide bonds. The Hall–Kier alpha value is -2.62. The summed E-state index contributed by atoms with van der Waals surface area (Å²) in [7, 11) is 1.80. The molecule has 23 heavy (non-hydrogen) atoms. The third kappa shape index (κ3) is 3.11. The van der Waals surface area contributed by atoms with Gasteiger partial charge in [-0.3, -0.25) is 4.79 Å². The zero-order chi connectivity index (χ0) is 16.4. The first-order valence-electron chi connectivity index (χ1n) is 7.71. The number of carbonyl (C=O) groups excluding carboxylic acids is 1. The van der Waals surface area contributed by atoms with E-state index in [0.717, 1.165) is 24.0 Å². The number of carboxylic acid groups (broad SMARTS) is 1. The smallest absolute Gasteiger partial charge is 0.335 e. The van der Waals surface area contributed by atoms with Gasteiger partial charge in [-0.2, -0.15) is 0 Å². The fourth-order valence-corrected chi connectivity index (χ4v) is 3.18. The number of amides is 1. The van der Waals surface area contributed by atoms with Crippen LogP contribution in [0, 0.1) is 0 Å². The third-order valence-electron chi connectivity index (χ3n) is 4.43. The topological polar surface area (TPSA) is 57.6 Å². The Labute approximate surface area is 135 Å². The lowest BCUT2D eigenvalue weighted by Crippen LogP contribution is -2.30. The predicted molar refractivity (Wildman–Crippen MR) is 87.4 cm³/mol. The second-order valence-electron chi connectivity index (χ2n) is 5.99. The van der Waals surface area contributed by atoms with Gasteiger partial charge >= 0.3 is 5.97 Å². The second-order valence-corrected chi connectivity index (χ2v) is 5.99. The zero-order valence-electron chi connectivity index (χ0n) is 13.0. The summed E-state index contributed by atoms with van der Waals surface area (Å²) < 4.78 is 0. The van der Waals surface area contributed by atoms with E-state index in [1.807, 2.05) is 18.2 Å². The van der Waals surface area contributed by atoms with Crippen molar-refractivity contribution in [1.29, 1.82) is 0 Å². The Morgan fingerprint density at radius 3 is 2.52 bits per heavy atom. The van der Waals surface area contributed by atoms with Gasteiger partial charge in [0.25, 0.3) is 0 Å². The molecular formula is C19H19NO3. The maximum Gasteiger partial charge on any atom is 0.335 e. The zero-order valence-corrected chi connectivity index (χ0v) is 13.0. The fraction of sp³-hybridized carbons (Fsp3) is 0.263. The number of benzene rings is 2. The van der Waals surface area contributed by atoms with E-state index in [2.05, 4.69) is 6.07 Å². The first kappa shape index (κ1) is 15.3. The van der Waals surface area contributed by atoms with Crippen molar-refractivity contribution in [2.24, 2.45) is 0 Å². The van der Waals surface area contributed by atoms with Crippen LogP contribution in [-0.2, 0) is 17.8 Å². The molecule has 1 aliphatic carbocycles. The number of likely N-dealkylation sites (N-methyl/N-ethyl adjacent to an activating group) is 1. The highest BCUT2D eigenvalue weighted by molar-refractivity contribution is 5.87. The van der Waals surface area contributed by atoms with Crippen LogP contribution in [0.2, 0.25) is 0 Å². The van der Waals surface area contributed by atoms with E-state index in [1.54, 1.807) is 36.2 Å². The van der Waals surface area contributed by atoms with Crippen LogP contribution in [0.25, 0.3) is 0 Å². The summed E-state index contributed by atoms with van der Waals surface area (Å²) in [5.74, 6) is -0.879. The molecule has 1 N–H and O–H groups in total. The standard InChI is InChI=1S/C19H19NO3/c1-20(12-13-6-8-15(9-7-13)19(22)23)18(21)17-11-10-14-4-2-3-5-16(14)17/h2-9,17H,10-12H2,1H3,(H,22,23). The molecule has 0 aromatic heterocycles. The Bertz CT molecular complexity index is 737. The highest BCUT2D eigenvalue weighted by Gasteiger charge is 2.30. The van der Waals surface area contributed by atoms with Crippen LogP contribution in [0.3, 0.4) is 0 Å². The van der Waals surface area contributed by atoms with Crippen molar-refractivity contribution in [3.63, 3.8) is 0 Å². The molecule has 0 heterocycles. The molecule has 0 aliphatic heterocycles. The number of aromatic carboxylic acids is 1. The maximum absolute atomic E-state index is 12.7. The Balaban J connectivity index is 1.70. The number of hydrogen-bond acceptors (Lipinski definition) is 2. The SMILES string of the molecule is CN(Cc1ccc(C(=O)O)cc1)C(=O)C1CCc2ccccc21. The monoisotopic (exact) mass is 309 g/mol. The molecule has 1 unspecified atom stereocenters. The van der Waals surface area contributed by atoms with Gasteiger partial charge in [-0.05, 0) is 41.7 Å². The number of hydrogen-bond donors (Lipinski definition) is 1. The summed E-state index contributed by atoms with van der Waals surface area (Å²) in [6.07, 6.45) is 1.81. The quantitative estimate of drug-likeness (QED) is 0.944. The summed E-state index contributed by atoms with van der Waals surface area (Å²) in [5, 5.41) is 8.92. The van der Waals surface area contributed by atoms with Crippen molar-refractivity contribution < 1.29 is 14.7 Å². The predicted octanol–water partition coefficient (Wildman–Crippen LogP) is 3.07. The molecule has 4 heteroatoms. The molecule has 0 saturated carbocycles. The van der Waals surface area contributed by atoms with Crippen LogP contribution >= 0.6 is 0 Å². The number of fused-ring (bicyclic) bond motifs is 1. The lowest BCUT2D eigenvalue weighted by molar-refractivity contribution is -0.132. The Morgan fingerprint density at radius 2 is 1.83 bits per heavy atom. The first-order chi connectivity index (χ1) is 11.1. The molecule has 0 bridgehead atoms. The number of rotatable bonds is 4. The molecule has 3 rings (SSSR count). The minimum atomic E-state index is -0.941. The second kappa shape index (κ2) is 6.24. The van der Waals surface area contributed by atoms with Crippen molar-refractivity contribution in [2.75, 3.05) is 7.05 Å². The van der Waals surface area contributed by atoms with Gasteiger partial charge < -0.3 is 10.0 Å². The van der Waals surface area contributed by atoms with Gasteiger partial charge in [0.1, 0.15) is 0 Å². The average Bonchev–Trinajstić information content (AvgIpc) is 2.98. The van der Waals surface area contributed by atoms with E-state index in [4.69, 9.17) is 5.11 Å². The summed E-state index contributed by atoms with van der Waals surface area (Å²) in [5.41, 5.74) is 3.60. The van der Waals surface area contributed by atoms with E-state index in [9.17, 15) is 9.59 Å². The van der Waals surface area contributed by atoms with Crippen molar-refractivity contribution >= 4 is 11.9 Å². The molecule has 1 aliphatic rings. The number of aryl methyl sites for hydroxylation is 1.